The maximum atomic E-state index is 12.2. The van der Waals surface area contributed by atoms with Crippen molar-refractivity contribution < 1.29 is 9.90 Å². The molecule has 5 heteroatoms. The highest BCUT2D eigenvalue weighted by molar-refractivity contribution is 5.94. The molecule has 2 aromatic rings. The molecule has 5 nitrogen and oxygen atoms in total. The molecule has 0 unspecified atom stereocenters. The molecule has 2 aliphatic carbocycles. The highest BCUT2D eigenvalue weighted by Crippen LogP contribution is 2.48. The molecule has 0 saturated heterocycles. The van der Waals surface area contributed by atoms with E-state index >= 15 is 0 Å². The quantitative estimate of drug-likeness (QED) is 0.819. The molecule has 0 aliphatic heterocycles. The van der Waals surface area contributed by atoms with Crippen molar-refractivity contribution in [3.63, 3.8) is 0 Å². The first-order chi connectivity index (χ1) is 10.2. The van der Waals surface area contributed by atoms with E-state index in [2.05, 4.69) is 15.2 Å². The first kappa shape index (κ1) is 12.6. The summed E-state index contributed by atoms with van der Waals surface area (Å²) >= 11 is 0. The number of aromatic nitrogens is 1. The number of rotatable bonds is 2. The molecule has 108 valence electrons. The fraction of sp³-hybridized carbons (Fsp3) is 0.438. The number of azo groups is 1. The molecular formula is C16H17N3O2. The summed E-state index contributed by atoms with van der Waals surface area (Å²) in [7, 11) is 0. The monoisotopic (exact) mass is 283 g/mol. The number of aromatic hydroxyl groups is 1. The van der Waals surface area contributed by atoms with Gasteiger partial charge in [-0.3, -0.25) is 4.79 Å². The van der Waals surface area contributed by atoms with Gasteiger partial charge in [0.05, 0.1) is 5.52 Å². The van der Waals surface area contributed by atoms with Crippen molar-refractivity contribution in [3.05, 3.63) is 24.3 Å². The Kier molecular flexibility index (Phi) is 2.80. The molecule has 1 aromatic heterocycles. The highest BCUT2D eigenvalue weighted by atomic mass is 16.3. The third-order valence-electron chi connectivity index (χ3n) is 4.96. The maximum Gasteiger partial charge on any atom is 0.268 e. The average Bonchev–Trinajstić information content (AvgIpc) is 3.18. The van der Waals surface area contributed by atoms with Crippen molar-refractivity contribution in [2.75, 3.05) is 0 Å². The second kappa shape index (κ2) is 4.69. The Balaban J connectivity index is 1.59. The predicted molar refractivity (Wildman–Crippen MR) is 78.4 cm³/mol. The number of para-hydroxylation sites is 1. The molecule has 2 saturated carbocycles. The number of amides is 1. The van der Waals surface area contributed by atoms with Gasteiger partial charge in [0.25, 0.3) is 5.91 Å². The molecule has 2 fully saturated rings. The smallest absolute Gasteiger partial charge is 0.268 e. The molecular weight excluding hydrogens is 266 g/mol. The Bertz CT molecular complexity index is 734. The molecule has 2 aliphatic rings. The van der Waals surface area contributed by atoms with Gasteiger partial charge in [0.2, 0.25) is 5.88 Å². The van der Waals surface area contributed by atoms with Crippen molar-refractivity contribution in [1.82, 2.24) is 4.98 Å². The minimum Gasteiger partial charge on any atom is -0.493 e. The van der Waals surface area contributed by atoms with Gasteiger partial charge >= 0.3 is 0 Å². The van der Waals surface area contributed by atoms with Gasteiger partial charge in [0.1, 0.15) is 0 Å². The van der Waals surface area contributed by atoms with Crippen LogP contribution in [0.2, 0.25) is 0 Å². The van der Waals surface area contributed by atoms with Gasteiger partial charge in [-0.2, -0.15) is 0 Å². The van der Waals surface area contributed by atoms with Crippen LogP contribution < -0.4 is 0 Å². The Morgan fingerprint density at radius 2 is 2.10 bits per heavy atom. The van der Waals surface area contributed by atoms with E-state index in [0.717, 1.165) is 23.7 Å². The van der Waals surface area contributed by atoms with Gasteiger partial charge in [-0.25, -0.2) is 0 Å². The van der Waals surface area contributed by atoms with Crippen LogP contribution in [0.1, 0.15) is 25.7 Å². The largest absolute Gasteiger partial charge is 0.493 e. The van der Waals surface area contributed by atoms with Gasteiger partial charge in [0, 0.05) is 11.3 Å². The van der Waals surface area contributed by atoms with Crippen LogP contribution in [-0.4, -0.2) is 16.0 Å². The molecule has 1 aromatic carbocycles. The van der Waals surface area contributed by atoms with Crippen LogP contribution in [0.25, 0.3) is 10.9 Å². The third-order valence-corrected chi connectivity index (χ3v) is 4.96. The number of hydrogen-bond acceptors (Lipinski definition) is 3. The molecule has 21 heavy (non-hydrogen) atoms. The molecule has 3 atom stereocenters. The maximum absolute atomic E-state index is 12.2. The summed E-state index contributed by atoms with van der Waals surface area (Å²) in [5, 5.41) is 18.6. The normalized spacial score (nSPS) is 27.9. The summed E-state index contributed by atoms with van der Waals surface area (Å²) in [6.07, 6.45) is 4.54. The zero-order valence-electron chi connectivity index (χ0n) is 11.6. The molecule has 0 radical (unpaired) electrons. The van der Waals surface area contributed by atoms with E-state index in [4.69, 9.17) is 0 Å². The summed E-state index contributed by atoms with van der Waals surface area (Å²) in [6, 6.07) is 7.44. The number of nitrogens with one attached hydrogen (secondary N) is 1. The summed E-state index contributed by atoms with van der Waals surface area (Å²) in [4.78, 5) is 15.1. The van der Waals surface area contributed by atoms with E-state index in [1.807, 2.05) is 24.3 Å². The number of carbonyl (C=O) groups is 1. The van der Waals surface area contributed by atoms with Crippen molar-refractivity contribution in [1.29, 1.82) is 0 Å². The number of hydrogen-bond donors (Lipinski definition) is 2. The minimum atomic E-state index is -0.133. The Labute approximate surface area is 122 Å². The lowest BCUT2D eigenvalue weighted by Crippen LogP contribution is -2.18. The van der Waals surface area contributed by atoms with Crippen LogP contribution in [0.15, 0.2) is 34.5 Å². The topological polar surface area (TPSA) is 77.8 Å². The van der Waals surface area contributed by atoms with E-state index in [1.54, 1.807) is 0 Å². The van der Waals surface area contributed by atoms with Gasteiger partial charge in [-0.15, -0.1) is 10.2 Å². The van der Waals surface area contributed by atoms with Crippen LogP contribution in [0, 0.1) is 17.8 Å². The second-order valence-corrected chi connectivity index (χ2v) is 6.19. The number of nitrogens with zero attached hydrogens (tertiary/aromatic N) is 2. The SMILES string of the molecule is O=C(N=Nc1c(O)[nH]c2ccccc12)[C@H]1C[C@H]2CC[C@H]1C2. The predicted octanol–water partition coefficient (Wildman–Crippen LogP) is 3.92. The lowest BCUT2D eigenvalue weighted by atomic mass is 9.88. The lowest BCUT2D eigenvalue weighted by molar-refractivity contribution is -0.123. The summed E-state index contributed by atoms with van der Waals surface area (Å²) < 4.78 is 0. The van der Waals surface area contributed by atoms with E-state index in [1.165, 1.54) is 12.8 Å². The van der Waals surface area contributed by atoms with Gasteiger partial charge in [-0.1, -0.05) is 24.6 Å². The zero-order valence-corrected chi connectivity index (χ0v) is 11.6. The number of benzene rings is 1. The molecule has 2 N–H and O–H groups in total. The van der Waals surface area contributed by atoms with Crippen molar-refractivity contribution >= 4 is 22.5 Å². The van der Waals surface area contributed by atoms with E-state index in [9.17, 15) is 9.90 Å². The van der Waals surface area contributed by atoms with Crippen molar-refractivity contribution in [2.24, 2.45) is 28.0 Å². The van der Waals surface area contributed by atoms with E-state index in [0.29, 0.717) is 17.5 Å². The van der Waals surface area contributed by atoms with Gasteiger partial charge in [0.15, 0.2) is 5.69 Å². The minimum absolute atomic E-state index is 0.0410. The van der Waals surface area contributed by atoms with Gasteiger partial charge < -0.3 is 10.1 Å². The summed E-state index contributed by atoms with van der Waals surface area (Å²) in [5.74, 6) is 1.08. The second-order valence-electron chi connectivity index (χ2n) is 6.19. The molecule has 4 rings (SSSR count). The van der Waals surface area contributed by atoms with Crippen LogP contribution >= 0.6 is 0 Å². The fourth-order valence-corrected chi connectivity index (χ4v) is 3.93. The number of aromatic amines is 1. The number of H-pyrrole nitrogens is 1. The van der Waals surface area contributed by atoms with Gasteiger partial charge in [-0.05, 0) is 37.2 Å². The fourth-order valence-electron chi connectivity index (χ4n) is 3.93. The lowest BCUT2D eigenvalue weighted by Gasteiger charge is -2.17. The first-order valence-electron chi connectivity index (χ1n) is 7.47. The summed E-state index contributed by atoms with van der Waals surface area (Å²) in [6.45, 7) is 0. The summed E-state index contributed by atoms with van der Waals surface area (Å²) in [5.41, 5.74) is 1.14. The highest BCUT2D eigenvalue weighted by Gasteiger charge is 2.43. The van der Waals surface area contributed by atoms with E-state index in [-0.39, 0.29) is 17.7 Å². The number of carbonyl (C=O) groups excluding carboxylic acids is 1. The van der Waals surface area contributed by atoms with E-state index < -0.39 is 0 Å². The number of fused-ring (bicyclic) bond motifs is 3. The van der Waals surface area contributed by atoms with Crippen LogP contribution in [-0.2, 0) is 4.79 Å². The average molecular weight is 283 g/mol. The zero-order chi connectivity index (χ0) is 14.4. The van der Waals surface area contributed by atoms with Crippen molar-refractivity contribution in [2.45, 2.75) is 25.7 Å². The molecule has 1 amide bonds. The Morgan fingerprint density at radius 3 is 2.86 bits per heavy atom. The molecule has 0 spiro atoms. The Hall–Kier alpha value is -2.17. The Morgan fingerprint density at radius 1 is 1.24 bits per heavy atom. The van der Waals surface area contributed by atoms with Crippen LogP contribution in [0.3, 0.4) is 0 Å². The first-order valence-corrected chi connectivity index (χ1v) is 7.47. The van der Waals surface area contributed by atoms with Crippen LogP contribution in [0.5, 0.6) is 5.88 Å². The van der Waals surface area contributed by atoms with Crippen LogP contribution in [0.4, 0.5) is 5.69 Å². The molecule has 1 heterocycles. The van der Waals surface area contributed by atoms with Crippen molar-refractivity contribution in [3.8, 4) is 5.88 Å². The third kappa shape index (κ3) is 2.04. The molecule has 2 bridgehead atoms. The standard InChI is InChI=1S/C16H17N3O2/c20-15(12-8-9-5-6-10(12)7-9)19-18-14-11-3-1-2-4-13(11)17-16(14)21/h1-4,9-10,12,17,21H,5-8H2/t9-,10-,12-/m0/s1.